The van der Waals surface area contributed by atoms with Gasteiger partial charge >= 0.3 is 5.97 Å². The van der Waals surface area contributed by atoms with Crippen LogP contribution in [0.2, 0.25) is 0 Å². The van der Waals surface area contributed by atoms with Gasteiger partial charge in [-0.05, 0) is 55.7 Å². The molecule has 1 atom stereocenters. The lowest BCUT2D eigenvalue weighted by Gasteiger charge is -2.35. The predicted octanol–water partition coefficient (Wildman–Crippen LogP) is 3.59. The fourth-order valence-electron chi connectivity index (χ4n) is 2.97. The summed E-state index contributed by atoms with van der Waals surface area (Å²) in [7, 11) is 0. The largest absolute Gasteiger partial charge is 0.427 e. The van der Waals surface area contributed by atoms with Crippen molar-refractivity contribution in [3.05, 3.63) is 59.7 Å². The zero-order valence-electron chi connectivity index (χ0n) is 13.3. The van der Waals surface area contributed by atoms with Crippen molar-refractivity contribution in [1.29, 1.82) is 0 Å². The molecule has 2 aromatic rings. The maximum absolute atomic E-state index is 12.9. The fraction of sp³-hybridized carbons (Fsp3) is 0.263. The molecule has 0 N–H and O–H groups in total. The second kappa shape index (κ2) is 6.24. The summed E-state index contributed by atoms with van der Waals surface area (Å²) < 4.78 is 5.01. The van der Waals surface area contributed by atoms with Gasteiger partial charge in [0.1, 0.15) is 5.75 Å². The molecule has 0 aliphatic carbocycles. The van der Waals surface area contributed by atoms with E-state index in [1.54, 1.807) is 24.3 Å². The Balaban J connectivity index is 1.89. The molecule has 0 unspecified atom stereocenters. The van der Waals surface area contributed by atoms with E-state index in [1.807, 2.05) is 23.1 Å². The first-order valence-electron chi connectivity index (χ1n) is 7.76. The second-order valence-corrected chi connectivity index (χ2v) is 5.81. The van der Waals surface area contributed by atoms with Crippen molar-refractivity contribution >= 4 is 17.6 Å². The van der Waals surface area contributed by atoms with Crippen molar-refractivity contribution in [3.63, 3.8) is 0 Å². The molecule has 118 valence electrons. The predicted molar refractivity (Wildman–Crippen MR) is 88.8 cm³/mol. The molecule has 0 aromatic heterocycles. The first kappa shape index (κ1) is 15.3. The van der Waals surface area contributed by atoms with Crippen LogP contribution >= 0.6 is 0 Å². The van der Waals surface area contributed by atoms with Crippen LogP contribution in [-0.2, 0) is 11.2 Å². The third-order valence-electron chi connectivity index (χ3n) is 4.11. The van der Waals surface area contributed by atoms with Crippen LogP contribution in [0.15, 0.2) is 48.5 Å². The zero-order chi connectivity index (χ0) is 16.4. The number of carbonyl (C=O) groups excluding carboxylic acids is 2. The highest BCUT2D eigenvalue weighted by molar-refractivity contribution is 6.07. The first-order valence-corrected chi connectivity index (χ1v) is 7.76. The highest BCUT2D eigenvalue weighted by atomic mass is 16.5. The van der Waals surface area contributed by atoms with E-state index in [2.05, 4.69) is 13.0 Å². The Morgan fingerprint density at radius 3 is 2.48 bits per heavy atom. The smallest absolute Gasteiger partial charge is 0.308 e. The van der Waals surface area contributed by atoms with Crippen molar-refractivity contribution < 1.29 is 14.3 Å². The number of ether oxygens (including phenoxy) is 1. The summed E-state index contributed by atoms with van der Waals surface area (Å²) in [6, 6.07) is 14.9. The molecule has 1 aliphatic heterocycles. The fourth-order valence-corrected chi connectivity index (χ4v) is 2.97. The molecule has 2 aromatic carbocycles. The van der Waals surface area contributed by atoms with Gasteiger partial charge in [-0.1, -0.05) is 18.2 Å². The summed E-state index contributed by atoms with van der Waals surface area (Å²) in [5, 5.41) is 0. The number of carbonyl (C=O) groups is 2. The van der Waals surface area contributed by atoms with Crippen molar-refractivity contribution in [2.75, 3.05) is 4.90 Å². The van der Waals surface area contributed by atoms with Crippen molar-refractivity contribution in [2.45, 2.75) is 32.7 Å². The van der Waals surface area contributed by atoms with E-state index in [0.29, 0.717) is 11.3 Å². The molecule has 3 rings (SSSR count). The van der Waals surface area contributed by atoms with E-state index >= 15 is 0 Å². The van der Waals surface area contributed by atoms with Gasteiger partial charge in [0, 0.05) is 24.2 Å². The molecule has 0 saturated heterocycles. The highest BCUT2D eigenvalue weighted by Gasteiger charge is 2.28. The quantitative estimate of drug-likeness (QED) is 0.629. The van der Waals surface area contributed by atoms with Crippen molar-refractivity contribution in [3.8, 4) is 5.75 Å². The lowest BCUT2D eigenvalue weighted by molar-refractivity contribution is -0.131. The third-order valence-corrected chi connectivity index (χ3v) is 4.11. The summed E-state index contributed by atoms with van der Waals surface area (Å²) in [6.07, 6.45) is 1.95. The molecule has 0 fully saturated rings. The van der Waals surface area contributed by atoms with Crippen molar-refractivity contribution in [1.82, 2.24) is 0 Å². The summed E-state index contributed by atoms with van der Waals surface area (Å²) in [5.74, 6) is 0.0443. The minimum atomic E-state index is -0.373. The number of esters is 1. The lowest BCUT2D eigenvalue weighted by atomic mass is 9.96. The van der Waals surface area contributed by atoms with Crippen LogP contribution in [0.3, 0.4) is 0 Å². The number of fused-ring (bicyclic) bond motifs is 1. The molecule has 4 heteroatoms. The Kier molecular flexibility index (Phi) is 4.15. The first-order chi connectivity index (χ1) is 11.1. The van der Waals surface area contributed by atoms with Gasteiger partial charge in [0.05, 0.1) is 0 Å². The molecule has 0 spiro atoms. The number of hydrogen-bond acceptors (Lipinski definition) is 3. The summed E-state index contributed by atoms with van der Waals surface area (Å²) in [4.78, 5) is 25.7. The standard InChI is InChI=1S/C19H19NO3/c1-13-7-8-15-5-3-4-6-18(15)20(13)19(22)16-9-11-17(12-10-16)23-14(2)21/h3-6,9-13H,7-8H2,1-2H3/t13-/m0/s1. The van der Waals surface area contributed by atoms with Gasteiger partial charge in [0.2, 0.25) is 0 Å². The van der Waals surface area contributed by atoms with E-state index in [-0.39, 0.29) is 17.9 Å². The Hall–Kier alpha value is -2.62. The van der Waals surface area contributed by atoms with E-state index in [9.17, 15) is 9.59 Å². The maximum Gasteiger partial charge on any atom is 0.308 e. The molecule has 1 amide bonds. The zero-order valence-corrected chi connectivity index (χ0v) is 13.3. The molecule has 1 aliphatic rings. The second-order valence-electron chi connectivity index (χ2n) is 5.81. The van der Waals surface area contributed by atoms with Crippen molar-refractivity contribution in [2.24, 2.45) is 0 Å². The van der Waals surface area contributed by atoms with Gasteiger partial charge in [-0.2, -0.15) is 0 Å². The van der Waals surface area contributed by atoms with Gasteiger partial charge in [-0.15, -0.1) is 0 Å². The van der Waals surface area contributed by atoms with E-state index < -0.39 is 0 Å². The van der Waals surface area contributed by atoms with E-state index in [4.69, 9.17) is 4.74 Å². The number of aryl methyl sites for hydroxylation is 1. The number of anilines is 1. The SMILES string of the molecule is CC(=O)Oc1ccc(C(=O)N2c3ccccc3CC[C@@H]2C)cc1. The molecular formula is C19H19NO3. The Morgan fingerprint density at radius 1 is 1.09 bits per heavy atom. The van der Waals surface area contributed by atoms with Crippen LogP contribution in [0, 0.1) is 0 Å². The Labute approximate surface area is 135 Å². The number of amides is 1. The number of benzene rings is 2. The van der Waals surface area contributed by atoms with Crippen LogP contribution < -0.4 is 9.64 Å². The Morgan fingerprint density at radius 2 is 1.78 bits per heavy atom. The highest BCUT2D eigenvalue weighted by Crippen LogP contribution is 2.31. The molecule has 4 nitrogen and oxygen atoms in total. The van der Waals surface area contributed by atoms with E-state index in [0.717, 1.165) is 18.5 Å². The topological polar surface area (TPSA) is 46.6 Å². The van der Waals surface area contributed by atoms with Gasteiger partial charge in [0.15, 0.2) is 0 Å². The van der Waals surface area contributed by atoms with Crippen LogP contribution in [0.1, 0.15) is 36.2 Å². The molecule has 23 heavy (non-hydrogen) atoms. The third kappa shape index (κ3) is 3.11. The molecule has 0 bridgehead atoms. The summed E-state index contributed by atoms with van der Waals surface area (Å²) in [5.41, 5.74) is 2.78. The number of para-hydroxylation sites is 1. The number of hydrogen-bond donors (Lipinski definition) is 0. The average Bonchev–Trinajstić information content (AvgIpc) is 2.54. The van der Waals surface area contributed by atoms with E-state index in [1.165, 1.54) is 12.5 Å². The molecule has 0 saturated carbocycles. The maximum atomic E-state index is 12.9. The van der Waals surface area contributed by atoms with Crippen LogP contribution in [0.4, 0.5) is 5.69 Å². The average molecular weight is 309 g/mol. The monoisotopic (exact) mass is 309 g/mol. The number of nitrogens with zero attached hydrogens (tertiary/aromatic N) is 1. The van der Waals surface area contributed by atoms with Gasteiger partial charge in [0.25, 0.3) is 5.91 Å². The minimum Gasteiger partial charge on any atom is -0.427 e. The van der Waals surface area contributed by atoms with Gasteiger partial charge < -0.3 is 9.64 Å². The van der Waals surface area contributed by atoms with Crippen LogP contribution in [0.25, 0.3) is 0 Å². The van der Waals surface area contributed by atoms with Crippen LogP contribution in [-0.4, -0.2) is 17.9 Å². The number of rotatable bonds is 2. The molecule has 0 radical (unpaired) electrons. The minimum absolute atomic E-state index is 0.0287. The van der Waals surface area contributed by atoms with Gasteiger partial charge in [-0.3, -0.25) is 9.59 Å². The van der Waals surface area contributed by atoms with Crippen LogP contribution in [0.5, 0.6) is 5.75 Å². The normalized spacial score (nSPS) is 16.6. The Bertz CT molecular complexity index is 737. The summed E-state index contributed by atoms with van der Waals surface area (Å²) >= 11 is 0. The molecular weight excluding hydrogens is 290 g/mol. The summed E-state index contributed by atoms with van der Waals surface area (Å²) in [6.45, 7) is 3.42. The van der Waals surface area contributed by atoms with Gasteiger partial charge in [-0.25, -0.2) is 0 Å². The lowest BCUT2D eigenvalue weighted by Crippen LogP contribution is -2.42. The molecule has 1 heterocycles.